The molecule has 21 heavy (non-hydrogen) atoms. The Morgan fingerprint density at radius 1 is 1.43 bits per heavy atom. The van der Waals surface area contributed by atoms with Gasteiger partial charge in [-0.1, -0.05) is 30.1 Å². The van der Waals surface area contributed by atoms with Crippen LogP contribution in [0.25, 0.3) is 0 Å². The van der Waals surface area contributed by atoms with E-state index in [-0.39, 0.29) is 11.9 Å². The van der Waals surface area contributed by atoms with Crippen molar-refractivity contribution in [1.29, 1.82) is 0 Å². The Bertz CT molecular complexity index is 654. The lowest BCUT2D eigenvalue weighted by molar-refractivity contribution is 0.0970. The zero-order valence-electron chi connectivity index (χ0n) is 12.2. The van der Waals surface area contributed by atoms with E-state index in [1.54, 1.807) is 47.2 Å². The molecule has 6 heteroatoms. The topological polar surface area (TPSA) is 38.1 Å². The maximum Gasteiger partial charge on any atom is 0.276 e. The summed E-state index contributed by atoms with van der Waals surface area (Å²) in [6, 6.07) is 5.15. The van der Waals surface area contributed by atoms with Gasteiger partial charge in [0.05, 0.1) is 23.2 Å². The summed E-state index contributed by atoms with van der Waals surface area (Å²) in [5.41, 5.74) is 1.17. The summed E-state index contributed by atoms with van der Waals surface area (Å²) in [4.78, 5) is 18.5. The van der Waals surface area contributed by atoms with Crippen molar-refractivity contribution in [2.24, 2.45) is 7.05 Å². The van der Waals surface area contributed by atoms with E-state index in [1.165, 1.54) is 0 Å². The fourth-order valence-corrected chi connectivity index (χ4v) is 2.59. The van der Waals surface area contributed by atoms with Crippen LogP contribution in [0.5, 0.6) is 0 Å². The molecule has 0 spiro atoms. The van der Waals surface area contributed by atoms with Gasteiger partial charge in [-0.15, -0.1) is 0 Å². The monoisotopic (exact) mass is 325 g/mol. The molecular weight excluding hydrogens is 309 g/mol. The maximum absolute atomic E-state index is 12.8. The molecule has 112 valence electrons. The highest BCUT2D eigenvalue weighted by Gasteiger charge is 2.26. The number of hydrogen-bond donors (Lipinski definition) is 0. The van der Waals surface area contributed by atoms with E-state index in [2.05, 4.69) is 4.98 Å². The Morgan fingerprint density at radius 3 is 2.67 bits per heavy atom. The molecule has 0 bridgehead atoms. The number of anilines is 1. The van der Waals surface area contributed by atoms with Crippen LogP contribution in [-0.4, -0.2) is 21.5 Å². The summed E-state index contributed by atoms with van der Waals surface area (Å²) < 4.78 is 1.70. The van der Waals surface area contributed by atoms with E-state index in [1.807, 2.05) is 13.8 Å². The minimum atomic E-state index is -0.131. The molecule has 0 saturated carbocycles. The van der Waals surface area contributed by atoms with Crippen LogP contribution in [0.3, 0.4) is 0 Å². The van der Waals surface area contributed by atoms with Crippen LogP contribution >= 0.6 is 23.2 Å². The normalized spacial score (nSPS) is 12.2. The maximum atomic E-state index is 12.8. The second-order valence-corrected chi connectivity index (χ2v) is 5.76. The number of amides is 1. The van der Waals surface area contributed by atoms with Gasteiger partial charge in [0.1, 0.15) is 5.69 Å². The standard InChI is InChI=1S/C15H17Cl2N3O/c1-4-10(2)20(13-6-5-11(16)7-12(13)17)15(21)14-8-18-9-19(14)3/h5-10H,4H2,1-3H3. The largest absolute Gasteiger partial charge is 0.330 e. The molecule has 1 heterocycles. The summed E-state index contributed by atoms with van der Waals surface area (Å²) in [6.45, 7) is 4.01. The van der Waals surface area contributed by atoms with Crippen molar-refractivity contribution in [2.75, 3.05) is 4.90 Å². The number of hydrogen-bond acceptors (Lipinski definition) is 2. The Kier molecular flexibility index (Phi) is 4.91. The predicted octanol–water partition coefficient (Wildman–Crippen LogP) is 4.17. The molecule has 1 aromatic carbocycles. The average Bonchev–Trinajstić information content (AvgIpc) is 2.87. The van der Waals surface area contributed by atoms with Crippen molar-refractivity contribution in [2.45, 2.75) is 26.3 Å². The van der Waals surface area contributed by atoms with Crippen molar-refractivity contribution >= 4 is 34.8 Å². The van der Waals surface area contributed by atoms with Crippen LogP contribution in [0.15, 0.2) is 30.7 Å². The molecule has 0 aliphatic carbocycles. The summed E-state index contributed by atoms with van der Waals surface area (Å²) >= 11 is 12.2. The van der Waals surface area contributed by atoms with E-state index in [9.17, 15) is 4.79 Å². The number of nitrogens with zero attached hydrogens (tertiary/aromatic N) is 3. The highest BCUT2D eigenvalue weighted by Crippen LogP contribution is 2.31. The van der Waals surface area contributed by atoms with Gasteiger partial charge in [-0.3, -0.25) is 4.79 Å². The SMILES string of the molecule is CCC(C)N(C(=O)c1cncn1C)c1ccc(Cl)cc1Cl. The lowest BCUT2D eigenvalue weighted by Crippen LogP contribution is -2.39. The van der Waals surface area contributed by atoms with Crippen molar-refractivity contribution in [3.63, 3.8) is 0 Å². The number of imidazole rings is 1. The fraction of sp³-hybridized carbons (Fsp3) is 0.333. The zero-order valence-corrected chi connectivity index (χ0v) is 13.7. The van der Waals surface area contributed by atoms with E-state index >= 15 is 0 Å². The third-order valence-electron chi connectivity index (χ3n) is 3.46. The van der Waals surface area contributed by atoms with Gasteiger partial charge in [0, 0.05) is 18.1 Å². The first kappa shape index (κ1) is 15.9. The summed E-state index contributed by atoms with van der Waals surface area (Å²) in [7, 11) is 1.79. The van der Waals surface area contributed by atoms with Crippen molar-refractivity contribution in [3.05, 3.63) is 46.5 Å². The Balaban J connectivity index is 2.49. The fourth-order valence-electron chi connectivity index (χ4n) is 2.09. The van der Waals surface area contributed by atoms with Crippen LogP contribution in [0.4, 0.5) is 5.69 Å². The third kappa shape index (κ3) is 3.22. The van der Waals surface area contributed by atoms with E-state index in [0.717, 1.165) is 6.42 Å². The van der Waals surface area contributed by atoms with Gasteiger partial charge >= 0.3 is 0 Å². The number of carbonyl (C=O) groups excluding carboxylic acids is 1. The molecule has 0 fully saturated rings. The highest BCUT2D eigenvalue weighted by molar-refractivity contribution is 6.37. The van der Waals surface area contributed by atoms with Crippen LogP contribution < -0.4 is 4.90 Å². The second kappa shape index (κ2) is 6.50. The molecule has 0 aliphatic heterocycles. The molecule has 1 aromatic heterocycles. The number of rotatable bonds is 4. The number of halogens is 2. The summed E-state index contributed by atoms with van der Waals surface area (Å²) in [5.74, 6) is -0.131. The zero-order chi connectivity index (χ0) is 15.6. The van der Waals surface area contributed by atoms with Crippen molar-refractivity contribution in [1.82, 2.24) is 9.55 Å². The van der Waals surface area contributed by atoms with Crippen LogP contribution in [-0.2, 0) is 7.05 Å². The molecule has 0 N–H and O–H groups in total. The quantitative estimate of drug-likeness (QED) is 0.846. The van der Waals surface area contributed by atoms with Gasteiger partial charge < -0.3 is 9.47 Å². The first-order valence-corrected chi connectivity index (χ1v) is 7.46. The third-order valence-corrected chi connectivity index (χ3v) is 3.99. The predicted molar refractivity (Wildman–Crippen MR) is 86.2 cm³/mol. The molecule has 0 saturated heterocycles. The lowest BCUT2D eigenvalue weighted by Gasteiger charge is -2.29. The Hall–Kier alpha value is -1.52. The van der Waals surface area contributed by atoms with Gasteiger partial charge in [0.25, 0.3) is 5.91 Å². The molecule has 4 nitrogen and oxygen atoms in total. The minimum Gasteiger partial charge on any atom is -0.330 e. The van der Waals surface area contributed by atoms with E-state index in [4.69, 9.17) is 23.2 Å². The van der Waals surface area contributed by atoms with Crippen molar-refractivity contribution in [3.8, 4) is 0 Å². The molecule has 0 aliphatic rings. The average molecular weight is 326 g/mol. The first-order valence-electron chi connectivity index (χ1n) is 6.70. The first-order chi connectivity index (χ1) is 9.95. The van der Waals surface area contributed by atoms with Gasteiger partial charge in [-0.25, -0.2) is 4.98 Å². The van der Waals surface area contributed by atoms with Crippen LogP contribution in [0, 0.1) is 0 Å². The molecule has 2 rings (SSSR count). The van der Waals surface area contributed by atoms with Crippen LogP contribution in [0.1, 0.15) is 30.8 Å². The molecule has 1 amide bonds. The van der Waals surface area contributed by atoms with E-state index < -0.39 is 0 Å². The Labute approximate surface area is 134 Å². The van der Waals surface area contributed by atoms with E-state index in [0.29, 0.717) is 21.4 Å². The number of aromatic nitrogens is 2. The number of benzene rings is 1. The van der Waals surface area contributed by atoms with Gasteiger partial charge in [0.15, 0.2) is 0 Å². The highest BCUT2D eigenvalue weighted by atomic mass is 35.5. The van der Waals surface area contributed by atoms with Crippen LogP contribution in [0.2, 0.25) is 10.0 Å². The molecule has 1 atom stereocenters. The minimum absolute atomic E-state index is 0.00563. The number of aryl methyl sites for hydroxylation is 1. The smallest absolute Gasteiger partial charge is 0.276 e. The van der Waals surface area contributed by atoms with Gasteiger partial charge in [-0.05, 0) is 31.5 Å². The molecule has 2 aromatic rings. The van der Waals surface area contributed by atoms with Gasteiger partial charge in [0.2, 0.25) is 0 Å². The summed E-state index contributed by atoms with van der Waals surface area (Å²) in [5, 5.41) is 0.999. The molecule has 1 unspecified atom stereocenters. The summed E-state index contributed by atoms with van der Waals surface area (Å²) in [6.07, 6.45) is 3.97. The number of carbonyl (C=O) groups is 1. The molecular formula is C15H17Cl2N3O. The lowest BCUT2D eigenvalue weighted by atomic mass is 10.1. The second-order valence-electron chi connectivity index (χ2n) is 4.92. The Morgan fingerprint density at radius 2 is 2.14 bits per heavy atom. The van der Waals surface area contributed by atoms with Crippen molar-refractivity contribution < 1.29 is 4.79 Å². The van der Waals surface area contributed by atoms with Gasteiger partial charge in [-0.2, -0.15) is 0 Å². The molecule has 0 radical (unpaired) electrons.